The lowest BCUT2D eigenvalue weighted by atomic mass is 9.92. The van der Waals surface area contributed by atoms with Crippen molar-refractivity contribution in [3.05, 3.63) is 0 Å². The number of rotatable bonds is 6. The predicted molar refractivity (Wildman–Crippen MR) is 73.4 cm³/mol. The normalized spacial score (nSPS) is 28.6. The van der Waals surface area contributed by atoms with E-state index in [1.807, 2.05) is 7.05 Å². The van der Waals surface area contributed by atoms with Gasteiger partial charge < -0.3 is 10.1 Å². The zero-order chi connectivity index (χ0) is 13.6. The van der Waals surface area contributed by atoms with Gasteiger partial charge in [0.1, 0.15) is 5.54 Å². The van der Waals surface area contributed by atoms with E-state index in [1.165, 1.54) is 0 Å². The molecule has 0 radical (unpaired) electrons. The quantitative estimate of drug-likeness (QED) is 0.783. The number of morpholine rings is 1. The van der Waals surface area contributed by atoms with E-state index in [9.17, 15) is 5.26 Å². The van der Waals surface area contributed by atoms with E-state index >= 15 is 0 Å². The molecule has 1 aliphatic heterocycles. The molecule has 0 amide bonds. The Bertz CT molecular complexity index is 283. The lowest BCUT2D eigenvalue weighted by Crippen LogP contribution is -2.48. The van der Waals surface area contributed by atoms with Gasteiger partial charge in [0.15, 0.2) is 0 Å². The zero-order valence-corrected chi connectivity index (χ0v) is 12.2. The molecule has 1 rings (SSSR count). The zero-order valence-electron chi connectivity index (χ0n) is 12.2. The average molecular weight is 253 g/mol. The van der Waals surface area contributed by atoms with Crippen LogP contribution < -0.4 is 5.32 Å². The fraction of sp³-hybridized carbons (Fsp3) is 0.929. The topological polar surface area (TPSA) is 48.3 Å². The highest BCUT2D eigenvalue weighted by atomic mass is 16.5. The fourth-order valence-electron chi connectivity index (χ4n) is 2.54. The van der Waals surface area contributed by atoms with Crippen LogP contribution in [0.4, 0.5) is 0 Å². The van der Waals surface area contributed by atoms with Crippen molar-refractivity contribution in [1.82, 2.24) is 10.2 Å². The Morgan fingerprint density at radius 3 is 2.78 bits per heavy atom. The van der Waals surface area contributed by atoms with Crippen molar-refractivity contribution in [2.45, 2.75) is 57.7 Å². The Balaban J connectivity index is 2.38. The summed E-state index contributed by atoms with van der Waals surface area (Å²) in [5.74, 6) is 0. The van der Waals surface area contributed by atoms with Crippen LogP contribution in [0, 0.1) is 11.3 Å². The number of hydrogen-bond donors (Lipinski definition) is 1. The molecule has 4 heteroatoms. The molecule has 0 saturated carbocycles. The van der Waals surface area contributed by atoms with Gasteiger partial charge >= 0.3 is 0 Å². The number of hydrogen-bond acceptors (Lipinski definition) is 4. The van der Waals surface area contributed by atoms with Crippen molar-refractivity contribution in [2.75, 3.05) is 26.7 Å². The maximum Gasteiger partial charge on any atom is 0.106 e. The minimum absolute atomic E-state index is 0.331. The second-order valence-corrected chi connectivity index (χ2v) is 5.39. The van der Waals surface area contributed by atoms with Crippen molar-refractivity contribution >= 4 is 0 Å². The molecule has 104 valence electrons. The van der Waals surface area contributed by atoms with Gasteiger partial charge in [0.05, 0.1) is 18.8 Å². The molecule has 3 unspecified atom stereocenters. The molecule has 3 atom stereocenters. The summed E-state index contributed by atoms with van der Waals surface area (Å²) in [5, 5.41) is 12.4. The molecule has 18 heavy (non-hydrogen) atoms. The van der Waals surface area contributed by atoms with Crippen molar-refractivity contribution in [1.29, 1.82) is 5.26 Å². The lowest BCUT2D eigenvalue weighted by molar-refractivity contribution is -0.0499. The number of ether oxygens (including phenoxy) is 1. The van der Waals surface area contributed by atoms with Crippen molar-refractivity contribution < 1.29 is 4.74 Å². The molecule has 1 saturated heterocycles. The van der Waals surface area contributed by atoms with Gasteiger partial charge in [-0.15, -0.1) is 0 Å². The first-order chi connectivity index (χ1) is 8.56. The van der Waals surface area contributed by atoms with E-state index in [1.54, 1.807) is 0 Å². The van der Waals surface area contributed by atoms with E-state index in [-0.39, 0.29) is 5.54 Å². The molecule has 0 bridgehead atoms. The lowest BCUT2D eigenvalue weighted by Gasteiger charge is -2.37. The second kappa shape index (κ2) is 7.08. The van der Waals surface area contributed by atoms with Crippen LogP contribution in [-0.4, -0.2) is 49.3 Å². The number of nitriles is 1. The fourth-order valence-corrected chi connectivity index (χ4v) is 2.54. The Kier molecular flexibility index (Phi) is 6.07. The smallest absolute Gasteiger partial charge is 0.106 e. The first-order valence-corrected chi connectivity index (χ1v) is 7.02. The van der Waals surface area contributed by atoms with Gasteiger partial charge in [-0.2, -0.15) is 5.26 Å². The van der Waals surface area contributed by atoms with Gasteiger partial charge in [-0.05, 0) is 46.7 Å². The monoisotopic (exact) mass is 253 g/mol. The molecular weight excluding hydrogens is 226 g/mol. The van der Waals surface area contributed by atoms with Crippen LogP contribution in [0.25, 0.3) is 0 Å². The van der Waals surface area contributed by atoms with Crippen LogP contribution in [0.3, 0.4) is 0 Å². The highest BCUT2D eigenvalue weighted by molar-refractivity contribution is 5.05. The Hall–Kier alpha value is -0.630. The summed E-state index contributed by atoms with van der Waals surface area (Å²) < 4.78 is 5.62. The maximum atomic E-state index is 9.26. The van der Waals surface area contributed by atoms with Crippen LogP contribution in [0.15, 0.2) is 0 Å². The standard InChI is InChI=1S/C14H27N3O/c1-5-14(11-15,16-4)7-6-8-17-9-13(3)18-10-12(17)2/h12-13,16H,5-10H2,1-4H3. The number of nitrogens with one attached hydrogen (secondary N) is 1. The summed E-state index contributed by atoms with van der Waals surface area (Å²) >= 11 is 0. The summed E-state index contributed by atoms with van der Waals surface area (Å²) in [4.78, 5) is 2.47. The molecule has 0 aliphatic carbocycles. The highest BCUT2D eigenvalue weighted by Crippen LogP contribution is 2.18. The van der Waals surface area contributed by atoms with E-state index in [2.05, 4.69) is 37.1 Å². The van der Waals surface area contributed by atoms with Gasteiger partial charge in [-0.3, -0.25) is 4.90 Å². The minimum Gasteiger partial charge on any atom is -0.376 e. The summed E-state index contributed by atoms with van der Waals surface area (Å²) in [5.41, 5.74) is -0.346. The van der Waals surface area contributed by atoms with Crippen LogP contribution >= 0.6 is 0 Å². The first kappa shape index (κ1) is 15.4. The third-order valence-electron chi connectivity index (χ3n) is 4.08. The molecule has 0 aromatic heterocycles. The van der Waals surface area contributed by atoms with Crippen molar-refractivity contribution in [2.24, 2.45) is 0 Å². The molecule has 1 N–H and O–H groups in total. The first-order valence-electron chi connectivity index (χ1n) is 7.02. The molecule has 0 spiro atoms. The third-order valence-corrected chi connectivity index (χ3v) is 4.08. The van der Waals surface area contributed by atoms with Gasteiger partial charge in [0.25, 0.3) is 0 Å². The molecule has 4 nitrogen and oxygen atoms in total. The Labute approximate surface area is 111 Å². The molecule has 0 aromatic rings. The largest absolute Gasteiger partial charge is 0.376 e. The number of nitrogens with zero attached hydrogens (tertiary/aromatic N) is 2. The SMILES string of the molecule is CCC(C#N)(CCCN1CC(C)OCC1C)NC. The van der Waals surface area contributed by atoms with Gasteiger partial charge in [-0.25, -0.2) is 0 Å². The maximum absolute atomic E-state index is 9.26. The van der Waals surface area contributed by atoms with Crippen LogP contribution in [0.2, 0.25) is 0 Å². The summed E-state index contributed by atoms with van der Waals surface area (Å²) in [6, 6.07) is 2.91. The predicted octanol–water partition coefficient (Wildman–Crippen LogP) is 1.77. The van der Waals surface area contributed by atoms with E-state index in [0.29, 0.717) is 12.1 Å². The second-order valence-electron chi connectivity index (χ2n) is 5.39. The van der Waals surface area contributed by atoms with E-state index in [4.69, 9.17) is 4.74 Å². The summed E-state index contributed by atoms with van der Waals surface area (Å²) in [6.45, 7) is 9.29. The molecule has 1 fully saturated rings. The Morgan fingerprint density at radius 1 is 1.50 bits per heavy atom. The van der Waals surface area contributed by atoms with Crippen LogP contribution in [0.1, 0.15) is 40.0 Å². The van der Waals surface area contributed by atoms with Crippen molar-refractivity contribution in [3.63, 3.8) is 0 Å². The molecule has 1 aliphatic rings. The highest BCUT2D eigenvalue weighted by Gasteiger charge is 2.27. The van der Waals surface area contributed by atoms with Crippen LogP contribution in [0.5, 0.6) is 0 Å². The van der Waals surface area contributed by atoms with E-state index in [0.717, 1.165) is 39.0 Å². The third kappa shape index (κ3) is 3.94. The molecular formula is C14H27N3O. The summed E-state index contributed by atoms with van der Waals surface area (Å²) in [7, 11) is 1.88. The Morgan fingerprint density at radius 2 is 2.22 bits per heavy atom. The molecule has 0 aromatic carbocycles. The summed E-state index contributed by atoms with van der Waals surface area (Å²) in [6.07, 6.45) is 3.15. The average Bonchev–Trinajstić information content (AvgIpc) is 2.39. The van der Waals surface area contributed by atoms with Crippen molar-refractivity contribution in [3.8, 4) is 6.07 Å². The van der Waals surface area contributed by atoms with Gasteiger partial charge in [0.2, 0.25) is 0 Å². The minimum atomic E-state index is -0.346. The van der Waals surface area contributed by atoms with Crippen LogP contribution in [-0.2, 0) is 4.74 Å². The molecule has 1 heterocycles. The van der Waals surface area contributed by atoms with E-state index < -0.39 is 0 Å². The van der Waals surface area contributed by atoms with Gasteiger partial charge in [-0.1, -0.05) is 6.92 Å². The van der Waals surface area contributed by atoms with Gasteiger partial charge in [0, 0.05) is 12.6 Å².